The van der Waals surface area contributed by atoms with Crippen molar-refractivity contribution in [3.63, 3.8) is 0 Å². The molecule has 0 aliphatic heterocycles. The fourth-order valence-electron chi connectivity index (χ4n) is 1.60. The molecular weight excluding hydrogens is 284 g/mol. The lowest BCUT2D eigenvalue weighted by atomic mass is 9.80. The molecule has 8 heteroatoms. The Bertz CT molecular complexity index is 439. The van der Waals surface area contributed by atoms with Gasteiger partial charge in [-0.1, -0.05) is 20.8 Å². The van der Waals surface area contributed by atoms with E-state index in [1.54, 1.807) is 27.7 Å². The van der Waals surface area contributed by atoms with Crippen LogP contribution in [0.5, 0.6) is 0 Å². The summed E-state index contributed by atoms with van der Waals surface area (Å²) in [6.07, 6.45) is 1.03. The van der Waals surface area contributed by atoms with E-state index in [0.717, 1.165) is 6.26 Å². The van der Waals surface area contributed by atoms with Crippen LogP contribution in [0.2, 0.25) is 0 Å². The van der Waals surface area contributed by atoms with Crippen LogP contribution < -0.4 is 10.0 Å². The van der Waals surface area contributed by atoms with Gasteiger partial charge in [-0.25, -0.2) is 13.1 Å². The molecule has 0 aromatic rings. The quantitative estimate of drug-likeness (QED) is 0.388. The maximum Gasteiger partial charge on any atom is 0.319 e. The highest BCUT2D eigenvalue weighted by atomic mass is 32.2. The first-order valence-corrected chi connectivity index (χ1v) is 8.27. The number of nitrogens with one attached hydrogen (secondary N) is 2. The van der Waals surface area contributed by atoms with E-state index >= 15 is 0 Å². The number of carbonyl (C=O) groups is 2. The van der Waals surface area contributed by atoms with Crippen LogP contribution in [0, 0.1) is 11.3 Å². The molecule has 118 valence electrons. The number of rotatable bonds is 7. The topological polar surface area (TPSA) is 102 Å². The Hall–Kier alpha value is -1.15. The third-order valence-electron chi connectivity index (χ3n) is 2.44. The van der Waals surface area contributed by atoms with Gasteiger partial charge in [-0.3, -0.25) is 9.59 Å². The van der Waals surface area contributed by atoms with Gasteiger partial charge in [-0.05, 0) is 12.3 Å². The summed E-state index contributed by atoms with van der Waals surface area (Å²) in [6, 6.07) is 0. The van der Waals surface area contributed by atoms with Gasteiger partial charge >= 0.3 is 5.97 Å². The molecule has 0 aromatic heterocycles. The molecule has 0 aliphatic rings. The molecule has 1 amide bonds. The van der Waals surface area contributed by atoms with Crippen LogP contribution in [0.3, 0.4) is 0 Å². The molecule has 0 aliphatic carbocycles. The Morgan fingerprint density at radius 2 is 1.75 bits per heavy atom. The summed E-state index contributed by atoms with van der Waals surface area (Å²) in [5.74, 6) is -1.97. The second kappa shape index (κ2) is 7.58. The molecule has 0 bridgehead atoms. The summed E-state index contributed by atoms with van der Waals surface area (Å²) in [5, 5.41) is 2.53. The zero-order valence-electron chi connectivity index (χ0n) is 12.6. The van der Waals surface area contributed by atoms with E-state index in [1.165, 1.54) is 0 Å². The van der Waals surface area contributed by atoms with Gasteiger partial charge in [0.15, 0.2) is 0 Å². The summed E-state index contributed by atoms with van der Waals surface area (Å²) in [7, 11) is -3.29. The minimum atomic E-state index is -3.29. The monoisotopic (exact) mass is 308 g/mol. The number of esters is 1. The lowest BCUT2D eigenvalue weighted by molar-refractivity contribution is -0.156. The van der Waals surface area contributed by atoms with Gasteiger partial charge in [-0.2, -0.15) is 0 Å². The lowest BCUT2D eigenvalue weighted by Crippen LogP contribution is -2.45. The summed E-state index contributed by atoms with van der Waals surface area (Å²) < 4.78 is 28.9. The van der Waals surface area contributed by atoms with E-state index in [-0.39, 0.29) is 19.7 Å². The van der Waals surface area contributed by atoms with Crippen molar-refractivity contribution in [3.05, 3.63) is 0 Å². The molecular formula is C12H24N2O5S. The van der Waals surface area contributed by atoms with E-state index in [2.05, 4.69) is 10.0 Å². The minimum Gasteiger partial charge on any atom is -0.465 e. The second-order valence-electron chi connectivity index (χ2n) is 5.51. The molecule has 0 saturated heterocycles. The van der Waals surface area contributed by atoms with Crippen molar-refractivity contribution < 1.29 is 22.7 Å². The van der Waals surface area contributed by atoms with Crippen LogP contribution in [-0.2, 0) is 24.3 Å². The highest BCUT2D eigenvalue weighted by Crippen LogP contribution is 2.27. The van der Waals surface area contributed by atoms with Gasteiger partial charge in [0.2, 0.25) is 15.9 Å². The molecule has 0 fully saturated rings. The normalized spacial score (nSPS) is 13.7. The predicted molar refractivity (Wildman–Crippen MR) is 75.4 cm³/mol. The van der Waals surface area contributed by atoms with E-state index in [0.29, 0.717) is 0 Å². The van der Waals surface area contributed by atoms with Crippen molar-refractivity contribution in [3.8, 4) is 0 Å². The zero-order valence-corrected chi connectivity index (χ0v) is 13.5. The fraction of sp³-hybridized carbons (Fsp3) is 0.833. The Morgan fingerprint density at radius 3 is 2.15 bits per heavy atom. The van der Waals surface area contributed by atoms with Crippen LogP contribution in [0.25, 0.3) is 0 Å². The Balaban J connectivity index is 4.55. The van der Waals surface area contributed by atoms with Gasteiger partial charge in [-0.15, -0.1) is 0 Å². The number of hydrogen-bond donors (Lipinski definition) is 2. The number of sulfonamides is 1. The second-order valence-corrected chi connectivity index (χ2v) is 7.34. The van der Waals surface area contributed by atoms with Crippen LogP contribution in [0.1, 0.15) is 27.7 Å². The van der Waals surface area contributed by atoms with Gasteiger partial charge < -0.3 is 10.1 Å². The van der Waals surface area contributed by atoms with Crippen LogP contribution in [-0.4, -0.2) is 46.2 Å². The molecule has 1 unspecified atom stereocenters. The van der Waals surface area contributed by atoms with E-state index < -0.39 is 33.2 Å². The molecule has 0 saturated carbocycles. The first kappa shape index (κ1) is 18.9. The first-order valence-electron chi connectivity index (χ1n) is 6.38. The Labute approximate surface area is 120 Å². The SMILES string of the molecule is CCOC(=O)C(C(=O)NCCNS(C)(=O)=O)C(C)(C)C. The van der Waals surface area contributed by atoms with Crippen molar-refractivity contribution >= 4 is 21.9 Å². The highest BCUT2D eigenvalue weighted by molar-refractivity contribution is 7.88. The first-order chi connectivity index (χ1) is 8.99. The van der Waals surface area contributed by atoms with Crippen molar-refractivity contribution in [1.82, 2.24) is 10.0 Å². The van der Waals surface area contributed by atoms with Gasteiger partial charge in [0, 0.05) is 13.1 Å². The maximum atomic E-state index is 12.0. The zero-order chi connectivity index (χ0) is 16.0. The third kappa shape index (κ3) is 7.44. The predicted octanol–water partition coefficient (Wildman–Crippen LogP) is -0.123. The van der Waals surface area contributed by atoms with Gasteiger partial charge in [0.1, 0.15) is 5.92 Å². The van der Waals surface area contributed by atoms with Crippen molar-refractivity contribution in [2.45, 2.75) is 27.7 Å². The highest BCUT2D eigenvalue weighted by Gasteiger charge is 2.38. The number of amides is 1. The maximum absolute atomic E-state index is 12.0. The van der Waals surface area contributed by atoms with E-state index in [9.17, 15) is 18.0 Å². The number of ether oxygens (including phenoxy) is 1. The molecule has 0 radical (unpaired) electrons. The van der Waals surface area contributed by atoms with Crippen molar-refractivity contribution in [1.29, 1.82) is 0 Å². The van der Waals surface area contributed by atoms with Crippen molar-refractivity contribution in [2.24, 2.45) is 11.3 Å². The van der Waals surface area contributed by atoms with Crippen molar-refractivity contribution in [2.75, 3.05) is 26.0 Å². The molecule has 20 heavy (non-hydrogen) atoms. The number of carbonyl (C=O) groups excluding carboxylic acids is 2. The smallest absolute Gasteiger partial charge is 0.319 e. The number of hydrogen-bond acceptors (Lipinski definition) is 5. The molecule has 0 rings (SSSR count). The summed E-state index contributed by atoms with van der Waals surface area (Å²) in [6.45, 7) is 7.36. The molecule has 1 atom stereocenters. The minimum absolute atomic E-state index is 0.0737. The van der Waals surface area contributed by atoms with Crippen LogP contribution >= 0.6 is 0 Å². The molecule has 0 aromatic carbocycles. The van der Waals surface area contributed by atoms with Crippen LogP contribution in [0.15, 0.2) is 0 Å². The lowest BCUT2D eigenvalue weighted by Gasteiger charge is -2.27. The summed E-state index contributed by atoms with van der Waals surface area (Å²) in [5.41, 5.74) is -0.583. The Morgan fingerprint density at radius 1 is 1.20 bits per heavy atom. The van der Waals surface area contributed by atoms with E-state index in [4.69, 9.17) is 4.74 Å². The van der Waals surface area contributed by atoms with E-state index in [1.807, 2.05) is 0 Å². The molecule has 0 heterocycles. The average Bonchev–Trinajstić information content (AvgIpc) is 2.21. The fourth-order valence-corrected chi connectivity index (χ4v) is 2.08. The molecule has 7 nitrogen and oxygen atoms in total. The summed E-state index contributed by atoms with van der Waals surface area (Å²) in [4.78, 5) is 23.9. The standard InChI is InChI=1S/C12H24N2O5S/c1-6-19-11(16)9(12(2,3)4)10(15)13-7-8-14-20(5,17)18/h9,14H,6-8H2,1-5H3,(H,13,15). The molecule has 2 N–H and O–H groups in total. The summed E-state index contributed by atoms with van der Waals surface area (Å²) >= 11 is 0. The van der Waals surface area contributed by atoms with Gasteiger partial charge in [0.25, 0.3) is 0 Å². The average molecular weight is 308 g/mol. The molecule has 0 spiro atoms. The van der Waals surface area contributed by atoms with Gasteiger partial charge in [0.05, 0.1) is 12.9 Å². The largest absolute Gasteiger partial charge is 0.465 e. The van der Waals surface area contributed by atoms with Crippen LogP contribution in [0.4, 0.5) is 0 Å². The Kier molecular flexibility index (Phi) is 7.15. The third-order valence-corrected chi connectivity index (χ3v) is 3.17.